The van der Waals surface area contributed by atoms with E-state index in [9.17, 15) is 9.59 Å². The molecular weight excluding hydrogens is 332 g/mol. The van der Waals surface area contributed by atoms with E-state index >= 15 is 0 Å². The lowest BCUT2D eigenvalue weighted by Gasteiger charge is -2.22. The average Bonchev–Trinajstić information content (AvgIpc) is 2.43. The van der Waals surface area contributed by atoms with Gasteiger partial charge in [0.05, 0.1) is 12.8 Å². The van der Waals surface area contributed by atoms with Crippen LogP contribution in [0.25, 0.3) is 0 Å². The first kappa shape index (κ1) is 22.1. The number of carbonyl (C=O) groups is 2. The predicted octanol–water partition coefficient (Wildman–Crippen LogP) is 3.15. The number of hydrogen-bond donors (Lipinski definition) is 2. The van der Waals surface area contributed by atoms with E-state index in [1.54, 1.807) is 0 Å². The van der Waals surface area contributed by atoms with E-state index in [4.69, 9.17) is 20.9 Å². The molecule has 0 saturated heterocycles. The van der Waals surface area contributed by atoms with Crippen LogP contribution in [-0.2, 0) is 19.1 Å². The van der Waals surface area contributed by atoms with Crippen LogP contribution in [0.5, 0.6) is 0 Å². The number of hydrogen-bond acceptors (Lipinski definition) is 6. The maximum absolute atomic E-state index is 11.9. The Labute approximate surface area is 156 Å². The van der Waals surface area contributed by atoms with Gasteiger partial charge in [0.1, 0.15) is 11.2 Å². The second-order valence-corrected chi connectivity index (χ2v) is 8.46. The van der Waals surface area contributed by atoms with Crippen LogP contribution >= 0.6 is 0 Å². The minimum absolute atomic E-state index is 0.0978. The minimum Gasteiger partial charge on any atom is -0.460 e. The molecule has 1 aromatic rings. The maximum atomic E-state index is 11.9. The van der Waals surface area contributed by atoms with Gasteiger partial charge >= 0.3 is 11.9 Å². The summed E-state index contributed by atoms with van der Waals surface area (Å²) in [5, 5.41) is 0. The fourth-order valence-corrected chi connectivity index (χ4v) is 2.35. The van der Waals surface area contributed by atoms with Gasteiger partial charge < -0.3 is 20.9 Å². The molecule has 2 atom stereocenters. The Balaban J connectivity index is 2.64. The first-order valence-electron chi connectivity index (χ1n) is 8.81. The molecule has 1 rings (SSSR count). The van der Waals surface area contributed by atoms with Gasteiger partial charge in [-0.2, -0.15) is 0 Å². The predicted molar refractivity (Wildman–Crippen MR) is 101 cm³/mol. The summed E-state index contributed by atoms with van der Waals surface area (Å²) in [7, 11) is 0. The number of esters is 2. The summed E-state index contributed by atoms with van der Waals surface area (Å²) < 4.78 is 10.6. The molecule has 0 saturated carbocycles. The van der Waals surface area contributed by atoms with E-state index in [1.165, 1.54) is 0 Å². The van der Waals surface area contributed by atoms with Crippen molar-refractivity contribution in [2.75, 3.05) is 0 Å². The SMILES string of the molecule is CC(C)(C)OC(=O)C[C@@H](N)c1ccc([C@H](N)CC(=O)OC(C)(C)C)cc1. The normalized spacial score (nSPS) is 14.5. The molecule has 0 aliphatic rings. The summed E-state index contributed by atoms with van der Waals surface area (Å²) in [6.07, 6.45) is 0.196. The monoisotopic (exact) mass is 364 g/mol. The summed E-state index contributed by atoms with van der Waals surface area (Å²) in [4.78, 5) is 23.8. The third-order valence-corrected chi connectivity index (χ3v) is 3.41. The second kappa shape index (κ2) is 8.64. The van der Waals surface area contributed by atoms with Crippen molar-refractivity contribution in [3.05, 3.63) is 35.4 Å². The highest BCUT2D eigenvalue weighted by molar-refractivity contribution is 5.71. The van der Waals surface area contributed by atoms with Crippen LogP contribution < -0.4 is 11.5 Å². The van der Waals surface area contributed by atoms with E-state index in [-0.39, 0.29) is 24.8 Å². The van der Waals surface area contributed by atoms with Gasteiger partial charge in [0.25, 0.3) is 0 Å². The fourth-order valence-electron chi connectivity index (χ4n) is 2.35. The van der Waals surface area contributed by atoms with Crippen LogP contribution in [-0.4, -0.2) is 23.1 Å². The first-order valence-corrected chi connectivity index (χ1v) is 8.81. The number of benzene rings is 1. The highest BCUT2D eigenvalue weighted by Gasteiger charge is 2.21. The van der Waals surface area contributed by atoms with E-state index in [0.717, 1.165) is 11.1 Å². The van der Waals surface area contributed by atoms with Crippen molar-refractivity contribution in [3.63, 3.8) is 0 Å². The second-order valence-electron chi connectivity index (χ2n) is 8.46. The quantitative estimate of drug-likeness (QED) is 0.751. The van der Waals surface area contributed by atoms with Gasteiger partial charge in [0.15, 0.2) is 0 Å². The Morgan fingerprint density at radius 1 is 0.769 bits per heavy atom. The molecule has 0 aliphatic carbocycles. The molecule has 4 N–H and O–H groups in total. The average molecular weight is 364 g/mol. The van der Waals surface area contributed by atoms with Crippen molar-refractivity contribution in [3.8, 4) is 0 Å². The molecule has 0 bridgehead atoms. The van der Waals surface area contributed by atoms with Crippen LogP contribution in [0.4, 0.5) is 0 Å². The van der Waals surface area contributed by atoms with Gasteiger partial charge in [-0.05, 0) is 52.7 Å². The summed E-state index contributed by atoms with van der Waals surface area (Å²) in [5.41, 5.74) is 12.7. The van der Waals surface area contributed by atoms with Crippen molar-refractivity contribution in [1.82, 2.24) is 0 Å². The third-order valence-electron chi connectivity index (χ3n) is 3.41. The van der Waals surface area contributed by atoms with Crippen molar-refractivity contribution >= 4 is 11.9 Å². The summed E-state index contributed by atoms with van der Waals surface area (Å²) in [5.74, 6) is -0.675. The third kappa shape index (κ3) is 8.45. The van der Waals surface area contributed by atoms with E-state index in [2.05, 4.69) is 0 Å². The molecule has 1 aromatic carbocycles. The lowest BCUT2D eigenvalue weighted by atomic mass is 9.99. The van der Waals surface area contributed by atoms with Crippen LogP contribution in [0.1, 0.15) is 77.6 Å². The van der Waals surface area contributed by atoms with E-state index < -0.39 is 23.3 Å². The van der Waals surface area contributed by atoms with Gasteiger partial charge in [-0.3, -0.25) is 9.59 Å². The molecule has 0 unspecified atom stereocenters. The van der Waals surface area contributed by atoms with Crippen molar-refractivity contribution < 1.29 is 19.1 Å². The van der Waals surface area contributed by atoms with E-state index in [1.807, 2.05) is 65.8 Å². The zero-order valence-corrected chi connectivity index (χ0v) is 16.7. The van der Waals surface area contributed by atoms with E-state index in [0.29, 0.717) is 0 Å². The van der Waals surface area contributed by atoms with Crippen molar-refractivity contribution in [1.29, 1.82) is 0 Å². The molecular formula is C20H32N2O4. The van der Waals surface area contributed by atoms with Gasteiger partial charge in [0.2, 0.25) is 0 Å². The molecule has 0 aliphatic heterocycles. The number of rotatable bonds is 6. The Kier molecular flexibility index (Phi) is 7.35. The molecule has 0 amide bonds. The van der Waals surface area contributed by atoms with Crippen molar-refractivity contribution in [2.45, 2.75) is 77.7 Å². The van der Waals surface area contributed by atoms with Crippen LogP contribution in [0, 0.1) is 0 Å². The van der Waals surface area contributed by atoms with Crippen LogP contribution in [0.15, 0.2) is 24.3 Å². The van der Waals surface area contributed by atoms with Gasteiger partial charge in [-0.25, -0.2) is 0 Å². The van der Waals surface area contributed by atoms with Crippen molar-refractivity contribution in [2.24, 2.45) is 11.5 Å². The van der Waals surface area contributed by atoms with Crippen LogP contribution in [0.2, 0.25) is 0 Å². The molecule has 146 valence electrons. The molecule has 0 heterocycles. The Bertz CT molecular complexity index is 557. The Morgan fingerprint density at radius 3 is 1.27 bits per heavy atom. The molecule has 0 radical (unpaired) electrons. The summed E-state index contributed by atoms with van der Waals surface area (Å²) in [6.45, 7) is 10.9. The van der Waals surface area contributed by atoms with Gasteiger partial charge in [-0.15, -0.1) is 0 Å². The highest BCUT2D eigenvalue weighted by atomic mass is 16.6. The molecule has 0 spiro atoms. The molecule has 6 nitrogen and oxygen atoms in total. The maximum Gasteiger partial charge on any atom is 0.308 e. The molecule has 0 fully saturated rings. The largest absolute Gasteiger partial charge is 0.460 e. The smallest absolute Gasteiger partial charge is 0.308 e. The topological polar surface area (TPSA) is 105 Å². The zero-order chi connectivity index (χ0) is 20.1. The number of ether oxygens (including phenoxy) is 2. The zero-order valence-electron chi connectivity index (χ0n) is 16.7. The van der Waals surface area contributed by atoms with Gasteiger partial charge in [0, 0.05) is 12.1 Å². The first-order chi connectivity index (χ1) is 11.8. The molecule has 0 aromatic heterocycles. The lowest BCUT2D eigenvalue weighted by molar-refractivity contribution is -0.156. The van der Waals surface area contributed by atoms with Gasteiger partial charge in [-0.1, -0.05) is 24.3 Å². The highest BCUT2D eigenvalue weighted by Crippen LogP contribution is 2.21. The lowest BCUT2D eigenvalue weighted by Crippen LogP contribution is -2.27. The number of carbonyl (C=O) groups excluding carboxylic acids is 2. The Hall–Kier alpha value is -1.92. The summed E-state index contributed by atoms with van der Waals surface area (Å²) in [6, 6.07) is 6.36. The minimum atomic E-state index is -0.533. The molecule has 26 heavy (non-hydrogen) atoms. The standard InChI is InChI=1S/C20H32N2O4/c1-19(2,3)25-17(23)11-15(21)13-7-9-14(10-8-13)16(22)12-18(24)26-20(4,5)6/h7-10,15-16H,11-12,21-22H2,1-6H3/t15-,16-/m1/s1. The molecule has 6 heteroatoms. The Morgan fingerprint density at radius 2 is 1.04 bits per heavy atom. The number of nitrogens with two attached hydrogens (primary N) is 2. The van der Waals surface area contributed by atoms with Crippen LogP contribution in [0.3, 0.4) is 0 Å². The summed E-state index contributed by atoms with van der Waals surface area (Å²) >= 11 is 0. The fraction of sp³-hybridized carbons (Fsp3) is 0.600.